The number of benzene rings is 1. The molecule has 0 heterocycles. The molecular weight excluding hydrogens is 305 g/mol. The molecule has 1 aromatic carbocycles. The summed E-state index contributed by atoms with van der Waals surface area (Å²) in [6.07, 6.45) is 3.78. The Morgan fingerprint density at radius 2 is 1.86 bits per heavy atom. The first kappa shape index (κ1) is 16.5. The van der Waals surface area contributed by atoms with Gasteiger partial charge in [-0.15, -0.1) is 0 Å². The molecule has 1 aromatic rings. The molecule has 1 aliphatic carbocycles. The Labute approximate surface area is 128 Å². The molecule has 0 aliphatic heterocycles. The van der Waals surface area contributed by atoms with Crippen molar-refractivity contribution in [2.75, 3.05) is 0 Å². The SMILES string of the molecule is CC(CC1=C(O)C=CCC1=NP(=O)(O)O)c1ccc(O)cc1. The minimum atomic E-state index is -4.54. The summed E-state index contributed by atoms with van der Waals surface area (Å²) in [6, 6.07) is 6.70. The van der Waals surface area contributed by atoms with Crippen molar-refractivity contribution in [2.24, 2.45) is 4.76 Å². The van der Waals surface area contributed by atoms with Crippen molar-refractivity contribution in [3.05, 3.63) is 53.3 Å². The Balaban J connectivity index is 2.28. The quantitative estimate of drug-likeness (QED) is 0.636. The van der Waals surface area contributed by atoms with E-state index < -0.39 is 7.75 Å². The first-order valence-electron chi connectivity index (χ1n) is 6.79. The van der Waals surface area contributed by atoms with Crippen LogP contribution in [0.15, 0.2) is 52.5 Å². The maximum Gasteiger partial charge on any atom is 0.448 e. The Morgan fingerprint density at radius 3 is 2.45 bits per heavy atom. The van der Waals surface area contributed by atoms with Crippen LogP contribution in [0.25, 0.3) is 0 Å². The molecule has 6 nitrogen and oxygen atoms in total. The molecule has 1 unspecified atom stereocenters. The molecule has 0 fully saturated rings. The van der Waals surface area contributed by atoms with Gasteiger partial charge in [-0.05, 0) is 36.1 Å². The highest BCUT2D eigenvalue weighted by Crippen LogP contribution is 2.39. The monoisotopic (exact) mass is 323 g/mol. The first-order chi connectivity index (χ1) is 10.3. The number of aliphatic hydroxyl groups excluding tert-OH is 1. The average molecular weight is 323 g/mol. The van der Waals surface area contributed by atoms with Gasteiger partial charge < -0.3 is 20.0 Å². The minimum absolute atomic E-state index is 0.00813. The predicted molar refractivity (Wildman–Crippen MR) is 84.0 cm³/mol. The minimum Gasteiger partial charge on any atom is -0.508 e. The van der Waals surface area contributed by atoms with Crippen molar-refractivity contribution >= 4 is 13.5 Å². The number of hydrogen-bond acceptors (Lipinski definition) is 3. The third-order valence-electron chi connectivity index (χ3n) is 3.47. The van der Waals surface area contributed by atoms with Gasteiger partial charge in [0.1, 0.15) is 11.5 Å². The van der Waals surface area contributed by atoms with E-state index in [1.165, 1.54) is 6.08 Å². The van der Waals surface area contributed by atoms with Crippen LogP contribution in [0, 0.1) is 0 Å². The summed E-state index contributed by atoms with van der Waals surface area (Å²) in [4.78, 5) is 18.0. The van der Waals surface area contributed by atoms with Gasteiger partial charge in [0.15, 0.2) is 0 Å². The second kappa shape index (κ2) is 6.48. The standard InChI is InChI=1S/C15H18NO5P/c1-10(11-5-7-12(17)8-6-11)9-13-14(16-22(19,20)21)3-2-4-15(13)18/h2,4-8,10,17-18H,3,9H2,1H3,(H2,19,20,21). The van der Waals surface area contributed by atoms with E-state index in [0.29, 0.717) is 12.0 Å². The van der Waals surface area contributed by atoms with Crippen LogP contribution in [-0.4, -0.2) is 25.7 Å². The summed E-state index contributed by atoms with van der Waals surface area (Å²) in [5.74, 6) is 0.137. The highest BCUT2D eigenvalue weighted by atomic mass is 31.2. The lowest BCUT2D eigenvalue weighted by Gasteiger charge is -2.19. The molecule has 0 bridgehead atoms. The van der Waals surface area contributed by atoms with Crippen LogP contribution in [0.1, 0.15) is 31.2 Å². The largest absolute Gasteiger partial charge is 0.508 e. The lowest BCUT2D eigenvalue weighted by molar-refractivity contribution is 0.375. The van der Waals surface area contributed by atoms with Gasteiger partial charge in [-0.1, -0.05) is 25.1 Å². The van der Waals surface area contributed by atoms with Crippen LogP contribution in [0.4, 0.5) is 0 Å². The normalized spacial score (nSPS) is 18.8. The van der Waals surface area contributed by atoms with E-state index in [-0.39, 0.29) is 29.6 Å². The molecule has 0 amide bonds. The Morgan fingerprint density at radius 1 is 1.23 bits per heavy atom. The number of aromatic hydroxyl groups is 1. The molecule has 0 spiro atoms. The molecule has 4 N–H and O–H groups in total. The molecule has 2 rings (SSSR count). The van der Waals surface area contributed by atoms with Gasteiger partial charge in [-0.25, -0.2) is 4.57 Å². The summed E-state index contributed by atoms with van der Waals surface area (Å²) in [6.45, 7) is 1.93. The van der Waals surface area contributed by atoms with E-state index in [1.807, 2.05) is 6.92 Å². The fourth-order valence-electron chi connectivity index (χ4n) is 2.36. The zero-order chi connectivity index (χ0) is 16.3. The van der Waals surface area contributed by atoms with Gasteiger partial charge in [0.05, 0.1) is 5.71 Å². The lowest BCUT2D eigenvalue weighted by atomic mass is 9.88. The Hall–Kier alpha value is -1.88. The smallest absolute Gasteiger partial charge is 0.448 e. The van der Waals surface area contributed by atoms with Crippen LogP contribution in [-0.2, 0) is 4.57 Å². The second-order valence-corrected chi connectivity index (χ2v) is 6.45. The van der Waals surface area contributed by atoms with E-state index in [4.69, 9.17) is 9.79 Å². The van der Waals surface area contributed by atoms with Crippen LogP contribution in [0.2, 0.25) is 0 Å². The third kappa shape index (κ3) is 4.31. The topological polar surface area (TPSA) is 110 Å². The van der Waals surface area contributed by atoms with Crippen molar-refractivity contribution in [1.82, 2.24) is 0 Å². The van der Waals surface area contributed by atoms with Crippen molar-refractivity contribution < 1.29 is 24.6 Å². The summed E-state index contributed by atoms with van der Waals surface area (Å²) in [7, 11) is -4.54. The lowest BCUT2D eigenvalue weighted by Crippen LogP contribution is -2.11. The van der Waals surface area contributed by atoms with E-state index >= 15 is 0 Å². The van der Waals surface area contributed by atoms with Crippen LogP contribution in [0.5, 0.6) is 5.75 Å². The van der Waals surface area contributed by atoms with Crippen molar-refractivity contribution in [3.63, 3.8) is 0 Å². The van der Waals surface area contributed by atoms with Gasteiger partial charge in [0.2, 0.25) is 0 Å². The number of phenolic OH excluding ortho intramolecular Hbond substituents is 1. The van der Waals surface area contributed by atoms with Crippen molar-refractivity contribution in [3.8, 4) is 5.75 Å². The number of nitrogens with zero attached hydrogens (tertiary/aromatic N) is 1. The van der Waals surface area contributed by atoms with E-state index in [0.717, 1.165) is 5.56 Å². The van der Waals surface area contributed by atoms with Crippen LogP contribution in [0.3, 0.4) is 0 Å². The molecule has 0 aromatic heterocycles. The van der Waals surface area contributed by atoms with Gasteiger partial charge in [0.25, 0.3) is 0 Å². The highest BCUT2D eigenvalue weighted by Gasteiger charge is 2.22. The number of allylic oxidation sites excluding steroid dienone is 3. The molecule has 1 aliphatic rings. The zero-order valence-corrected chi connectivity index (χ0v) is 12.9. The van der Waals surface area contributed by atoms with Gasteiger partial charge in [-0.2, -0.15) is 4.76 Å². The van der Waals surface area contributed by atoms with Gasteiger partial charge in [-0.3, -0.25) is 0 Å². The van der Waals surface area contributed by atoms with Crippen LogP contribution < -0.4 is 0 Å². The Kier molecular flexibility index (Phi) is 4.86. The zero-order valence-electron chi connectivity index (χ0n) is 12.0. The van der Waals surface area contributed by atoms with Crippen molar-refractivity contribution in [1.29, 1.82) is 0 Å². The van der Waals surface area contributed by atoms with Gasteiger partial charge in [0, 0.05) is 12.0 Å². The number of phenols is 1. The average Bonchev–Trinajstić information content (AvgIpc) is 2.41. The second-order valence-electron chi connectivity index (χ2n) is 5.23. The third-order valence-corrected chi connectivity index (χ3v) is 3.97. The molecule has 22 heavy (non-hydrogen) atoms. The summed E-state index contributed by atoms with van der Waals surface area (Å²) in [5.41, 5.74) is 1.59. The Bertz CT molecular complexity index is 684. The number of aliphatic hydroxyl groups is 1. The van der Waals surface area contributed by atoms with E-state index in [1.54, 1.807) is 30.3 Å². The van der Waals surface area contributed by atoms with E-state index in [9.17, 15) is 14.8 Å². The summed E-state index contributed by atoms with van der Waals surface area (Å²) < 4.78 is 14.5. The summed E-state index contributed by atoms with van der Waals surface area (Å²) >= 11 is 0. The van der Waals surface area contributed by atoms with Gasteiger partial charge >= 0.3 is 7.75 Å². The molecule has 1 atom stereocenters. The molecular formula is C15H18NO5P. The molecule has 118 valence electrons. The number of hydrogen-bond donors (Lipinski definition) is 4. The van der Waals surface area contributed by atoms with E-state index in [2.05, 4.69) is 4.76 Å². The van der Waals surface area contributed by atoms with Crippen molar-refractivity contribution in [2.45, 2.75) is 25.7 Å². The number of rotatable bonds is 4. The molecule has 0 radical (unpaired) electrons. The molecule has 7 heteroatoms. The maximum atomic E-state index is 11.1. The van der Waals surface area contributed by atoms with Crippen LogP contribution >= 0.6 is 7.75 Å². The maximum absolute atomic E-state index is 11.1. The highest BCUT2D eigenvalue weighted by molar-refractivity contribution is 7.50. The fraction of sp³-hybridized carbons (Fsp3) is 0.267. The predicted octanol–water partition coefficient (Wildman–Crippen LogP) is 3.19. The first-order valence-corrected chi connectivity index (χ1v) is 8.35. The summed E-state index contributed by atoms with van der Waals surface area (Å²) in [5, 5.41) is 19.3. The molecule has 0 saturated heterocycles. The molecule has 0 saturated carbocycles. The fourth-order valence-corrected chi connectivity index (χ4v) is 2.88.